The minimum absolute atomic E-state index is 0.0333. The maximum absolute atomic E-state index is 10.5. The van der Waals surface area contributed by atoms with Gasteiger partial charge in [0.15, 0.2) is 0 Å². The Hall–Kier alpha value is -1.78. The summed E-state index contributed by atoms with van der Waals surface area (Å²) in [5.74, 6) is 0. The summed E-state index contributed by atoms with van der Waals surface area (Å²) in [7, 11) is 0. The molecule has 2 aromatic rings. The van der Waals surface area contributed by atoms with Gasteiger partial charge in [0.1, 0.15) is 12.2 Å². The number of aliphatic hydroxyl groups excluding tert-OH is 1. The van der Waals surface area contributed by atoms with Gasteiger partial charge in [-0.15, -0.1) is 0 Å². The van der Waals surface area contributed by atoms with Crippen LogP contribution in [0.4, 0.5) is 0 Å². The van der Waals surface area contributed by atoms with Crippen molar-refractivity contribution in [1.29, 1.82) is 0 Å². The van der Waals surface area contributed by atoms with Crippen molar-refractivity contribution in [1.82, 2.24) is 9.97 Å². The van der Waals surface area contributed by atoms with Crippen molar-refractivity contribution in [2.45, 2.75) is 32.2 Å². The number of rotatable bonds is 2. The lowest BCUT2D eigenvalue weighted by Crippen LogP contribution is -2.23. The number of nitrogens with zero attached hydrogens (tertiary/aromatic N) is 2. The molecular formula is C15H16N2O2. The summed E-state index contributed by atoms with van der Waals surface area (Å²) in [6.07, 6.45) is 2.39. The van der Waals surface area contributed by atoms with Gasteiger partial charge < -0.3 is 9.84 Å². The molecule has 19 heavy (non-hydrogen) atoms. The Labute approximate surface area is 112 Å². The number of aromatic nitrogens is 2. The zero-order chi connectivity index (χ0) is 13.4. The highest BCUT2D eigenvalue weighted by Gasteiger charge is 2.35. The van der Waals surface area contributed by atoms with Crippen LogP contribution in [0.1, 0.15) is 37.2 Å². The van der Waals surface area contributed by atoms with Crippen LogP contribution in [0.25, 0.3) is 11.4 Å². The summed E-state index contributed by atoms with van der Waals surface area (Å²) in [4.78, 5) is 8.75. The SMILES string of the molecule is CC(C)O[C@@H]1c2cccnc2-c2ncccc2[C@H]1O. The molecule has 98 valence electrons. The molecule has 0 amide bonds. The van der Waals surface area contributed by atoms with Crippen LogP contribution in [0, 0.1) is 0 Å². The van der Waals surface area contributed by atoms with Crippen LogP contribution in [0.15, 0.2) is 36.7 Å². The summed E-state index contributed by atoms with van der Waals surface area (Å²) >= 11 is 0. The monoisotopic (exact) mass is 256 g/mol. The van der Waals surface area contributed by atoms with E-state index >= 15 is 0 Å². The average Bonchev–Trinajstić information content (AvgIpc) is 2.43. The minimum Gasteiger partial charge on any atom is -0.385 e. The molecule has 0 saturated heterocycles. The van der Waals surface area contributed by atoms with Crippen molar-refractivity contribution in [3.63, 3.8) is 0 Å². The fraction of sp³-hybridized carbons (Fsp3) is 0.333. The van der Waals surface area contributed by atoms with E-state index in [0.717, 1.165) is 22.5 Å². The second kappa shape index (κ2) is 4.72. The number of ether oxygens (including phenoxy) is 1. The Morgan fingerprint density at radius 1 is 1.05 bits per heavy atom. The van der Waals surface area contributed by atoms with E-state index in [1.54, 1.807) is 12.4 Å². The maximum atomic E-state index is 10.5. The Kier molecular flexibility index (Phi) is 3.05. The summed E-state index contributed by atoms with van der Waals surface area (Å²) in [5, 5.41) is 10.5. The molecule has 0 saturated carbocycles. The molecule has 1 aliphatic carbocycles. The van der Waals surface area contributed by atoms with Crippen LogP contribution in [-0.4, -0.2) is 21.2 Å². The van der Waals surface area contributed by atoms with E-state index in [0.29, 0.717) is 0 Å². The normalized spacial score (nSPS) is 21.1. The number of aliphatic hydroxyl groups is 1. The van der Waals surface area contributed by atoms with E-state index in [2.05, 4.69) is 9.97 Å². The number of hydrogen-bond donors (Lipinski definition) is 1. The molecular weight excluding hydrogens is 240 g/mol. The van der Waals surface area contributed by atoms with Crippen molar-refractivity contribution in [2.24, 2.45) is 0 Å². The van der Waals surface area contributed by atoms with E-state index in [9.17, 15) is 5.11 Å². The van der Waals surface area contributed by atoms with Crippen LogP contribution in [0.3, 0.4) is 0 Å². The molecule has 0 spiro atoms. The van der Waals surface area contributed by atoms with Gasteiger partial charge in [-0.05, 0) is 26.0 Å². The second-order valence-electron chi connectivity index (χ2n) is 4.93. The molecule has 2 heterocycles. The number of hydrogen-bond acceptors (Lipinski definition) is 4. The second-order valence-corrected chi connectivity index (χ2v) is 4.93. The molecule has 0 aliphatic heterocycles. The molecule has 4 heteroatoms. The third-order valence-corrected chi connectivity index (χ3v) is 3.23. The van der Waals surface area contributed by atoms with Crippen LogP contribution in [0.5, 0.6) is 0 Å². The molecule has 2 atom stereocenters. The Morgan fingerprint density at radius 3 is 2.26 bits per heavy atom. The van der Waals surface area contributed by atoms with Crippen LogP contribution >= 0.6 is 0 Å². The molecule has 0 aromatic carbocycles. The van der Waals surface area contributed by atoms with Gasteiger partial charge in [-0.3, -0.25) is 9.97 Å². The van der Waals surface area contributed by atoms with Crippen molar-refractivity contribution < 1.29 is 9.84 Å². The predicted octanol–water partition coefficient (Wildman–Crippen LogP) is 2.66. The Bertz CT molecular complexity index is 598. The van der Waals surface area contributed by atoms with Crippen molar-refractivity contribution in [3.05, 3.63) is 47.8 Å². The van der Waals surface area contributed by atoms with Gasteiger partial charge in [0.25, 0.3) is 0 Å². The first-order valence-corrected chi connectivity index (χ1v) is 6.42. The number of pyridine rings is 2. The highest BCUT2D eigenvalue weighted by molar-refractivity contribution is 5.67. The van der Waals surface area contributed by atoms with Crippen molar-refractivity contribution in [3.8, 4) is 11.4 Å². The largest absolute Gasteiger partial charge is 0.385 e. The predicted molar refractivity (Wildman–Crippen MR) is 71.4 cm³/mol. The molecule has 1 aliphatic rings. The Morgan fingerprint density at radius 2 is 1.63 bits per heavy atom. The molecule has 0 bridgehead atoms. The zero-order valence-electron chi connectivity index (χ0n) is 10.9. The first-order chi connectivity index (χ1) is 9.18. The van der Waals surface area contributed by atoms with Gasteiger partial charge in [-0.1, -0.05) is 12.1 Å². The molecule has 0 unspecified atom stereocenters. The zero-order valence-corrected chi connectivity index (χ0v) is 10.9. The highest BCUT2D eigenvalue weighted by atomic mass is 16.5. The van der Waals surface area contributed by atoms with Gasteiger partial charge in [0, 0.05) is 23.5 Å². The average molecular weight is 256 g/mol. The van der Waals surface area contributed by atoms with E-state index in [1.807, 2.05) is 38.1 Å². The summed E-state index contributed by atoms with van der Waals surface area (Å²) < 4.78 is 5.87. The van der Waals surface area contributed by atoms with Crippen LogP contribution in [0.2, 0.25) is 0 Å². The summed E-state index contributed by atoms with van der Waals surface area (Å²) in [5.41, 5.74) is 3.22. The van der Waals surface area contributed by atoms with Crippen LogP contribution < -0.4 is 0 Å². The van der Waals surface area contributed by atoms with E-state index < -0.39 is 6.10 Å². The fourth-order valence-corrected chi connectivity index (χ4v) is 2.47. The van der Waals surface area contributed by atoms with E-state index in [-0.39, 0.29) is 12.2 Å². The number of fused-ring (bicyclic) bond motifs is 3. The van der Waals surface area contributed by atoms with E-state index in [1.165, 1.54) is 0 Å². The lowest BCUT2D eigenvalue weighted by molar-refractivity contribution is -0.0703. The Balaban J connectivity index is 2.17. The summed E-state index contributed by atoms with van der Waals surface area (Å²) in [6.45, 7) is 3.92. The minimum atomic E-state index is -0.706. The molecule has 4 nitrogen and oxygen atoms in total. The van der Waals surface area contributed by atoms with Gasteiger partial charge in [0.2, 0.25) is 0 Å². The first-order valence-electron chi connectivity index (χ1n) is 6.42. The molecule has 3 rings (SSSR count). The van der Waals surface area contributed by atoms with Gasteiger partial charge in [-0.2, -0.15) is 0 Å². The lowest BCUT2D eigenvalue weighted by atomic mass is 9.88. The first kappa shape index (κ1) is 12.3. The topological polar surface area (TPSA) is 55.2 Å². The lowest BCUT2D eigenvalue weighted by Gasteiger charge is -2.32. The highest BCUT2D eigenvalue weighted by Crippen LogP contribution is 2.44. The smallest absolute Gasteiger partial charge is 0.115 e. The third-order valence-electron chi connectivity index (χ3n) is 3.23. The van der Waals surface area contributed by atoms with Crippen LogP contribution in [-0.2, 0) is 4.74 Å². The third kappa shape index (κ3) is 2.03. The van der Waals surface area contributed by atoms with Crippen molar-refractivity contribution in [2.75, 3.05) is 0 Å². The molecule has 2 aromatic heterocycles. The maximum Gasteiger partial charge on any atom is 0.115 e. The van der Waals surface area contributed by atoms with Crippen molar-refractivity contribution >= 4 is 0 Å². The standard InChI is InChI=1S/C15H16N2O2/c1-9(2)19-15-11-6-4-8-17-13(11)12-10(14(15)18)5-3-7-16-12/h3-9,14-15,18H,1-2H3/t14-,15-/m1/s1. The molecule has 0 radical (unpaired) electrons. The van der Waals surface area contributed by atoms with Gasteiger partial charge >= 0.3 is 0 Å². The van der Waals surface area contributed by atoms with Gasteiger partial charge in [0.05, 0.1) is 17.5 Å². The van der Waals surface area contributed by atoms with Gasteiger partial charge in [-0.25, -0.2) is 0 Å². The quantitative estimate of drug-likeness (QED) is 0.897. The molecule has 0 fully saturated rings. The fourth-order valence-electron chi connectivity index (χ4n) is 2.47. The van der Waals surface area contributed by atoms with E-state index in [4.69, 9.17) is 4.74 Å². The summed E-state index contributed by atoms with van der Waals surface area (Å²) in [6, 6.07) is 7.50. The molecule has 1 N–H and O–H groups in total.